The zero-order chi connectivity index (χ0) is 10.7. The Labute approximate surface area is 87.0 Å². The molecule has 15 heavy (non-hydrogen) atoms. The van der Waals surface area contributed by atoms with E-state index < -0.39 is 0 Å². The Kier molecular flexibility index (Phi) is 2.91. The van der Waals surface area contributed by atoms with E-state index in [9.17, 15) is 4.79 Å². The molecule has 1 saturated heterocycles. The van der Waals surface area contributed by atoms with Crippen molar-refractivity contribution in [3.05, 3.63) is 5.82 Å². The summed E-state index contributed by atoms with van der Waals surface area (Å²) in [6, 6.07) is 0.246. The Morgan fingerprint density at radius 1 is 1.67 bits per heavy atom. The maximum atomic E-state index is 11.7. The number of carbonyl (C=O) groups excluding carboxylic acids is 1. The summed E-state index contributed by atoms with van der Waals surface area (Å²) in [5, 5.41) is 19.3. The van der Waals surface area contributed by atoms with Crippen LogP contribution in [0, 0.1) is 5.92 Å². The van der Waals surface area contributed by atoms with E-state index in [1.807, 2.05) is 6.92 Å². The predicted molar refractivity (Wildman–Crippen MR) is 51.6 cm³/mol. The zero-order valence-electron chi connectivity index (χ0n) is 8.53. The minimum Gasteiger partial charge on any atom is -0.348 e. The highest BCUT2D eigenvalue weighted by molar-refractivity contribution is 5.79. The molecule has 1 aromatic rings. The van der Waals surface area contributed by atoms with Crippen LogP contribution in [0.2, 0.25) is 0 Å². The molecule has 2 atom stereocenters. The first-order valence-corrected chi connectivity index (χ1v) is 5.01. The van der Waals surface area contributed by atoms with Gasteiger partial charge >= 0.3 is 0 Å². The van der Waals surface area contributed by atoms with Gasteiger partial charge in [-0.05, 0) is 19.9 Å². The molecule has 2 heterocycles. The molecule has 3 N–H and O–H groups in total. The number of tetrazole rings is 1. The number of hydrogen-bond donors (Lipinski definition) is 3. The number of nitrogens with zero attached hydrogens (tertiary/aromatic N) is 3. The van der Waals surface area contributed by atoms with Gasteiger partial charge in [0, 0.05) is 6.04 Å². The minimum atomic E-state index is 0.0527. The van der Waals surface area contributed by atoms with Gasteiger partial charge in [0.25, 0.3) is 0 Å². The maximum Gasteiger partial charge on any atom is 0.225 e. The molecule has 1 aromatic heterocycles. The Bertz CT molecular complexity index is 324. The molecule has 1 aliphatic rings. The normalized spacial score (nSPS) is 25.4. The Hall–Kier alpha value is -1.50. The van der Waals surface area contributed by atoms with E-state index in [0.717, 1.165) is 13.0 Å². The lowest BCUT2D eigenvalue weighted by atomic mass is 10.0. The molecule has 0 spiro atoms. The summed E-state index contributed by atoms with van der Waals surface area (Å²) in [5.41, 5.74) is 0. The van der Waals surface area contributed by atoms with Crippen molar-refractivity contribution in [2.45, 2.75) is 25.9 Å². The van der Waals surface area contributed by atoms with Crippen LogP contribution < -0.4 is 10.6 Å². The topological polar surface area (TPSA) is 95.6 Å². The smallest absolute Gasteiger partial charge is 0.225 e. The molecule has 7 heteroatoms. The second-order valence-corrected chi connectivity index (χ2v) is 3.68. The van der Waals surface area contributed by atoms with Crippen LogP contribution in [0.15, 0.2) is 0 Å². The number of H-pyrrole nitrogens is 1. The zero-order valence-corrected chi connectivity index (χ0v) is 8.53. The van der Waals surface area contributed by atoms with Crippen LogP contribution in [0.4, 0.5) is 0 Å². The van der Waals surface area contributed by atoms with Gasteiger partial charge in [-0.25, -0.2) is 0 Å². The van der Waals surface area contributed by atoms with Crippen molar-refractivity contribution in [3.8, 4) is 0 Å². The number of amides is 1. The van der Waals surface area contributed by atoms with Gasteiger partial charge in [-0.2, -0.15) is 5.21 Å². The van der Waals surface area contributed by atoms with Crippen molar-refractivity contribution in [3.63, 3.8) is 0 Å². The van der Waals surface area contributed by atoms with Crippen molar-refractivity contribution < 1.29 is 4.79 Å². The van der Waals surface area contributed by atoms with E-state index in [-0.39, 0.29) is 17.9 Å². The summed E-state index contributed by atoms with van der Waals surface area (Å²) < 4.78 is 0. The molecule has 7 nitrogen and oxygen atoms in total. The number of carbonyl (C=O) groups is 1. The van der Waals surface area contributed by atoms with Crippen LogP contribution in [-0.2, 0) is 11.3 Å². The average Bonchev–Trinajstić information content (AvgIpc) is 2.84. The fourth-order valence-corrected chi connectivity index (χ4v) is 1.77. The molecule has 0 aliphatic carbocycles. The third-order valence-electron chi connectivity index (χ3n) is 2.67. The van der Waals surface area contributed by atoms with Gasteiger partial charge < -0.3 is 10.6 Å². The standard InChI is InChI=1S/C8H14N6O/c1-5-6(2-3-9-5)8(15)10-4-7-11-13-14-12-7/h5-6,9H,2-4H2,1H3,(H,10,15)(H,11,12,13,14). The summed E-state index contributed by atoms with van der Waals surface area (Å²) in [7, 11) is 0. The van der Waals surface area contributed by atoms with E-state index in [2.05, 4.69) is 31.3 Å². The third-order valence-corrected chi connectivity index (χ3v) is 2.67. The van der Waals surface area contributed by atoms with E-state index in [0.29, 0.717) is 12.4 Å². The van der Waals surface area contributed by atoms with Gasteiger partial charge in [-0.15, -0.1) is 10.2 Å². The molecular formula is C8H14N6O. The minimum absolute atomic E-state index is 0.0527. The summed E-state index contributed by atoms with van der Waals surface area (Å²) in [4.78, 5) is 11.7. The van der Waals surface area contributed by atoms with Gasteiger partial charge in [-0.1, -0.05) is 5.21 Å². The molecule has 1 aliphatic heterocycles. The van der Waals surface area contributed by atoms with Gasteiger partial charge in [0.1, 0.15) is 0 Å². The number of aromatic nitrogens is 4. The highest BCUT2D eigenvalue weighted by Crippen LogP contribution is 2.14. The van der Waals surface area contributed by atoms with E-state index in [4.69, 9.17) is 0 Å². The van der Waals surface area contributed by atoms with Crippen LogP contribution in [0.25, 0.3) is 0 Å². The summed E-state index contributed by atoms with van der Waals surface area (Å²) in [6.45, 7) is 3.26. The Morgan fingerprint density at radius 2 is 2.53 bits per heavy atom. The van der Waals surface area contributed by atoms with Crippen molar-refractivity contribution >= 4 is 5.91 Å². The van der Waals surface area contributed by atoms with Gasteiger partial charge in [0.05, 0.1) is 12.5 Å². The highest BCUT2D eigenvalue weighted by atomic mass is 16.1. The van der Waals surface area contributed by atoms with Crippen LogP contribution in [0.5, 0.6) is 0 Å². The molecule has 82 valence electrons. The number of nitrogens with one attached hydrogen (secondary N) is 3. The molecule has 0 saturated carbocycles. The van der Waals surface area contributed by atoms with Crippen LogP contribution in [-0.4, -0.2) is 39.1 Å². The van der Waals surface area contributed by atoms with Crippen molar-refractivity contribution in [2.24, 2.45) is 5.92 Å². The quantitative estimate of drug-likeness (QED) is 0.583. The number of rotatable bonds is 3. The first kappa shape index (κ1) is 10.0. The molecule has 1 amide bonds. The fourth-order valence-electron chi connectivity index (χ4n) is 1.77. The number of aromatic amines is 1. The van der Waals surface area contributed by atoms with E-state index in [1.54, 1.807) is 0 Å². The van der Waals surface area contributed by atoms with Gasteiger partial charge in [0.2, 0.25) is 5.91 Å². The lowest BCUT2D eigenvalue weighted by Crippen LogP contribution is -2.36. The summed E-state index contributed by atoms with van der Waals surface area (Å²) in [5.74, 6) is 0.608. The Morgan fingerprint density at radius 3 is 3.13 bits per heavy atom. The Balaban J connectivity index is 1.82. The predicted octanol–water partition coefficient (Wildman–Crippen LogP) is -1.19. The molecule has 0 radical (unpaired) electrons. The lowest BCUT2D eigenvalue weighted by Gasteiger charge is -2.13. The SMILES string of the molecule is CC1NCCC1C(=O)NCc1nn[nH]n1. The van der Waals surface area contributed by atoms with Gasteiger partial charge in [-0.3, -0.25) is 4.79 Å². The average molecular weight is 210 g/mol. The second-order valence-electron chi connectivity index (χ2n) is 3.68. The monoisotopic (exact) mass is 210 g/mol. The molecule has 0 aromatic carbocycles. The maximum absolute atomic E-state index is 11.7. The van der Waals surface area contributed by atoms with E-state index in [1.165, 1.54) is 0 Å². The first-order chi connectivity index (χ1) is 7.27. The fraction of sp³-hybridized carbons (Fsp3) is 0.750. The summed E-state index contributed by atoms with van der Waals surface area (Å²) in [6.07, 6.45) is 0.888. The van der Waals surface area contributed by atoms with Crippen LogP contribution >= 0.6 is 0 Å². The largest absolute Gasteiger partial charge is 0.348 e. The molecule has 0 bridgehead atoms. The lowest BCUT2D eigenvalue weighted by molar-refractivity contribution is -0.125. The molecule has 2 rings (SSSR count). The number of hydrogen-bond acceptors (Lipinski definition) is 5. The van der Waals surface area contributed by atoms with Crippen LogP contribution in [0.3, 0.4) is 0 Å². The van der Waals surface area contributed by atoms with Gasteiger partial charge in [0.15, 0.2) is 5.82 Å². The molecule has 2 unspecified atom stereocenters. The third kappa shape index (κ3) is 2.30. The van der Waals surface area contributed by atoms with E-state index >= 15 is 0 Å². The van der Waals surface area contributed by atoms with Crippen LogP contribution in [0.1, 0.15) is 19.2 Å². The highest BCUT2D eigenvalue weighted by Gasteiger charge is 2.29. The first-order valence-electron chi connectivity index (χ1n) is 5.01. The van der Waals surface area contributed by atoms with Crippen molar-refractivity contribution in [1.29, 1.82) is 0 Å². The van der Waals surface area contributed by atoms with Crippen molar-refractivity contribution in [2.75, 3.05) is 6.54 Å². The van der Waals surface area contributed by atoms with Crippen molar-refractivity contribution in [1.82, 2.24) is 31.3 Å². The second kappa shape index (κ2) is 4.35. The summed E-state index contributed by atoms with van der Waals surface area (Å²) >= 11 is 0. The molecule has 1 fully saturated rings. The molecular weight excluding hydrogens is 196 g/mol.